The van der Waals surface area contributed by atoms with Crippen LogP contribution in [-0.2, 0) is 21.2 Å². The number of hydrogen-bond donors (Lipinski definition) is 1. The average molecular weight is 312 g/mol. The van der Waals surface area contributed by atoms with Crippen molar-refractivity contribution in [2.45, 2.75) is 26.2 Å². The first-order valence-electron chi connectivity index (χ1n) is 7.20. The number of amides is 1. The van der Waals surface area contributed by atoms with Gasteiger partial charge < -0.3 is 4.90 Å². The minimum absolute atomic E-state index is 0.0109. The second-order valence-corrected chi connectivity index (χ2v) is 6.97. The number of carbonyl (C=O) groups is 1. The van der Waals surface area contributed by atoms with Gasteiger partial charge in [0, 0.05) is 13.6 Å². The van der Waals surface area contributed by atoms with Crippen LogP contribution < -0.4 is 4.72 Å². The molecular weight excluding hydrogens is 288 g/mol. The van der Waals surface area contributed by atoms with Gasteiger partial charge in [0.1, 0.15) is 0 Å². The van der Waals surface area contributed by atoms with Gasteiger partial charge in [-0.15, -0.1) is 0 Å². The Morgan fingerprint density at radius 2 is 1.90 bits per heavy atom. The van der Waals surface area contributed by atoms with E-state index in [1.165, 1.54) is 0 Å². The molecule has 1 aromatic carbocycles. The zero-order chi connectivity index (χ0) is 15.7. The van der Waals surface area contributed by atoms with Crippen LogP contribution >= 0.6 is 0 Å². The summed E-state index contributed by atoms with van der Waals surface area (Å²) in [7, 11) is -1.74. The molecule has 5 nitrogen and oxygen atoms in total. The van der Waals surface area contributed by atoms with E-state index >= 15 is 0 Å². The van der Waals surface area contributed by atoms with E-state index in [4.69, 9.17) is 0 Å². The maximum Gasteiger partial charge on any atom is 0.237 e. The van der Waals surface area contributed by atoms with Gasteiger partial charge in [-0.25, -0.2) is 13.1 Å². The van der Waals surface area contributed by atoms with Crippen LogP contribution in [0.5, 0.6) is 0 Å². The second kappa shape index (κ2) is 8.79. The van der Waals surface area contributed by atoms with Crippen molar-refractivity contribution in [2.24, 2.45) is 0 Å². The highest BCUT2D eigenvalue weighted by molar-refractivity contribution is 7.89. The van der Waals surface area contributed by atoms with Gasteiger partial charge in [0.05, 0.1) is 12.3 Å². The predicted octanol–water partition coefficient (Wildman–Crippen LogP) is 1.41. The highest BCUT2D eigenvalue weighted by Gasteiger charge is 2.14. The fourth-order valence-electron chi connectivity index (χ4n) is 1.80. The maximum atomic E-state index is 11.9. The molecule has 0 atom stereocenters. The fraction of sp³-hybridized carbons (Fsp3) is 0.533. The van der Waals surface area contributed by atoms with E-state index in [1.54, 1.807) is 11.9 Å². The molecule has 0 aliphatic carbocycles. The van der Waals surface area contributed by atoms with Crippen molar-refractivity contribution in [1.29, 1.82) is 0 Å². The number of sulfonamides is 1. The third-order valence-corrected chi connectivity index (χ3v) is 4.54. The molecule has 21 heavy (non-hydrogen) atoms. The number of rotatable bonds is 9. The molecule has 0 heterocycles. The van der Waals surface area contributed by atoms with E-state index in [0.29, 0.717) is 13.0 Å². The Hall–Kier alpha value is -1.40. The molecule has 0 fully saturated rings. The second-order valence-electron chi connectivity index (χ2n) is 5.04. The van der Waals surface area contributed by atoms with Crippen molar-refractivity contribution in [3.8, 4) is 0 Å². The molecule has 1 N–H and O–H groups in total. The lowest BCUT2D eigenvalue weighted by atomic mass is 10.2. The first kappa shape index (κ1) is 17.7. The minimum Gasteiger partial charge on any atom is -0.345 e. The lowest BCUT2D eigenvalue weighted by molar-refractivity contribution is -0.128. The molecule has 6 heteroatoms. The fourth-order valence-corrected chi connectivity index (χ4v) is 2.79. The van der Waals surface area contributed by atoms with Gasteiger partial charge in [-0.3, -0.25) is 4.79 Å². The van der Waals surface area contributed by atoms with Crippen LogP contribution in [0.3, 0.4) is 0 Å². The van der Waals surface area contributed by atoms with Crippen LogP contribution in [0, 0.1) is 0 Å². The summed E-state index contributed by atoms with van der Waals surface area (Å²) in [6, 6.07) is 9.42. The summed E-state index contributed by atoms with van der Waals surface area (Å²) in [5.41, 5.74) is 0.967. The monoisotopic (exact) mass is 312 g/mol. The lowest BCUT2D eigenvalue weighted by Crippen LogP contribution is -2.39. The summed E-state index contributed by atoms with van der Waals surface area (Å²) in [6.07, 6.45) is 2.36. The third-order valence-electron chi connectivity index (χ3n) is 3.22. The van der Waals surface area contributed by atoms with E-state index in [-0.39, 0.29) is 18.2 Å². The molecule has 0 aliphatic rings. The topological polar surface area (TPSA) is 66.5 Å². The summed E-state index contributed by atoms with van der Waals surface area (Å²) < 4.78 is 26.1. The van der Waals surface area contributed by atoms with E-state index in [9.17, 15) is 13.2 Å². The van der Waals surface area contributed by atoms with Crippen LogP contribution in [0.2, 0.25) is 0 Å². The van der Waals surface area contributed by atoms with E-state index in [1.807, 2.05) is 37.3 Å². The molecule has 1 rings (SSSR count). The number of likely N-dealkylation sites (N-methyl/N-ethyl adjacent to an activating group) is 1. The van der Waals surface area contributed by atoms with Gasteiger partial charge in [-0.05, 0) is 18.4 Å². The van der Waals surface area contributed by atoms with Gasteiger partial charge in [-0.2, -0.15) is 0 Å². The number of benzene rings is 1. The molecule has 0 unspecified atom stereocenters. The molecule has 0 aliphatic heterocycles. The van der Waals surface area contributed by atoms with Crippen LogP contribution in [0.25, 0.3) is 0 Å². The first-order chi connectivity index (χ1) is 9.94. The van der Waals surface area contributed by atoms with Gasteiger partial charge >= 0.3 is 0 Å². The van der Waals surface area contributed by atoms with Crippen molar-refractivity contribution >= 4 is 15.9 Å². The smallest absolute Gasteiger partial charge is 0.237 e. The summed E-state index contributed by atoms with van der Waals surface area (Å²) in [6.45, 7) is 2.53. The van der Waals surface area contributed by atoms with E-state index in [0.717, 1.165) is 18.4 Å². The summed E-state index contributed by atoms with van der Waals surface area (Å²) in [5, 5.41) is 0. The summed E-state index contributed by atoms with van der Waals surface area (Å²) in [4.78, 5) is 13.3. The molecular formula is C15H24N2O3S. The Labute approximate surface area is 127 Å². The number of aryl methyl sites for hydroxylation is 1. The van der Waals surface area contributed by atoms with Crippen LogP contribution in [0.1, 0.15) is 25.3 Å². The molecule has 0 saturated carbocycles. The zero-order valence-corrected chi connectivity index (χ0v) is 13.5. The van der Waals surface area contributed by atoms with Crippen LogP contribution in [0.4, 0.5) is 0 Å². The summed E-state index contributed by atoms with van der Waals surface area (Å²) >= 11 is 0. The normalized spacial score (nSPS) is 11.3. The third kappa shape index (κ3) is 7.24. The number of nitrogens with one attached hydrogen (secondary N) is 1. The van der Waals surface area contributed by atoms with Crippen LogP contribution in [0.15, 0.2) is 30.3 Å². The molecule has 1 amide bonds. The van der Waals surface area contributed by atoms with E-state index < -0.39 is 10.0 Å². The van der Waals surface area contributed by atoms with Gasteiger partial charge in [0.15, 0.2) is 0 Å². The Balaban J connectivity index is 2.37. The van der Waals surface area contributed by atoms with Crippen molar-refractivity contribution in [1.82, 2.24) is 9.62 Å². The molecule has 0 spiro atoms. The largest absolute Gasteiger partial charge is 0.345 e. The minimum atomic E-state index is -3.43. The highest BCUT2D eigenvalue weighted by atomic mass is 32.2. The Morgan fingerprint density at radius 1 is 1.24 bits per heavy atom. The Bertz CT molecular complexity index is 529. The molecule has 0 radical (unpaired) electrons. The molecule has 1 aromatic rings. The van der Waals surface area contributed by atoms with Gasteiger partial charge in [0.25, 0.3) is 0 Å². The number of unbranched alkanes of at least 4 members (excludes halogenated alkanes) is 1. The Kier molecular flexibility index (Phi) is 7.39. The standard InChI is InChI=1S/C15H24N2O3S/c1-3-4-11-17(2)15(18)13-16-21(19,20)12-10-14-8-6-5-7-9-14/h5-9,16H,3-4,10-13H2,1-2H3. The predicted molar refractivity (Wildman–Crippen MR) is 84.5 cm³/mol. The summed E-state index contributed by atoms with van der Waals surface area (Å²) in [5.74, 6) is -0.213. The number of carbonyl (C=O) groups excluding carboxylic acids is 1. The van der Waals surface area contributed by atoms with E-state index in [2.05, 4.69) is 4.72 Å². The molecule has 0 aromatic heterocycles. The molecule has 118 valence electrons. The zero-order valence-electron chi connectivity index (χ0n) is 12.7. The molecule has 0 saturated heterocycles. The number of hydrogen-bond acceptors (Lipinski definition) is 3. The van der Waals surface area contributed by atoms with Crippen molar-refractivity contribution < 1.29 is 13.2 Å². The molecule has 0 bridgehead atoms. The SMILES string of the molecule is CCCCN(C)C(=O)CNS(=O)(=O)CCc1ccccc1. The van der Waals surface area contributed by atoms with Crippen molar-refractivity contribution in [2.75, 3.05) is 25.9 Å². The quantitative estimate of drug-likeness (QED) is 0.749. The van der Waals surface area contributed by atoms with Gasteiger partial charge in [0.2, 0.25) is 15.9 Å². The van der Waals surface area contributed by atoms with Gasteiger partial charge in [-0.1, -0.05) is 43.7 Å². The average Bonchev–Trinajstić information content (AvgIpc) is 2.49. The lowest BCUT2D eigenvalue weighted by Gasteiger charge is -2.17. The maximum absolute atomic E-state index is 11.9. The van der Waals surface area contributed by atoms with Crippen molar-refractivity contribution in [3.05, 3.63) is 35.9 Å². The van der Waals surface area contributed by atoms with Crippen molar-refractivity contribution in [3.63, 3.8) is 0 Å². The Morgan fingerprint density at radius 3 is 2.52 bits per heavy atom. The highest BCUT2D eigenvalue weighted by Crippen LogP contribution is 2.01. The number of nitrogens with zero attached hydrogens (tertiary/aromatic N) is 1. The van der Waals surface area contributed by atoms with Crippen LogP contribution in [-0.4, -0.2) is 45.1 Å². The first-order valence-corrected chi connectivity index (χ1v) is 8.85.